The molecule has 4 rings (SSSR count). The highest BCUT2D eigenvalue weighted by atomic mass is 16.3. The second-order valence-corrected chi connectivity index (χ2v) is 13.2. The van der Waals surface area contributed by atoms with Crippen LogP contribution in [0.2, 0.25) is 0 Å². The Hall–Kier alpha value is -0.300. The molecule has 0 bridgehead atoms. The zero-order valence-electron chi connectivity index (χ0n) is 21.1. The van der Waals surface area contributed by atoms with Crippen LogP contribution >= 0.6 is 0 Å². The van der Waals surface area contributed by atoms with E-state index in [0.29, 0.717) is 10.8 Å². The van der Waals surface area contributed by atoms with Crippen LogP contribution in [-0.2, 0) is 0 Å². The molecule has 1 nitrogen and oxygen atoms in total. The molecule has 0 radical (unpaired) electrons. The topological polar surface area (TPSA) is 20.2 Å². The standard InChI is InChI=1S/C29H50O/c1-18(2)16-19(3)20(4)21(5)25-10-11-26-24-9-8-22-17-23(30)12-14-28(22,6)27(24)13-15-29(25,26)7/h8,18-21,23-27,30H,9-17H2,1-7H3/t19?,20?,21?,23-,24?,25?,26?,27?,28-,29+/m0/s1. The van der Waals surface area contributed by atoms with Gasteiger partial charge in [-0.3, -0.25) is 0 Å². The summed E-state index contributed by atoms with van der Waals surface area (Å²) in [7, 11) is 0. The summed E-state index contributed by atoms with van der Waals surface area (Å²) in [5.41, 5.74) is 2.55. The lowest BCUT2D eigenvalue weighted by Crippen LogP contribution is -2.51. The molecule has 10 atom stereocenters. The smallest absolute Gasteiger partial charge is 0.0577 e. The Kier molecular flexibility index (Phi) is 6.28. The fraction of sp³-hybridized carbons (Fsp3) is 0.931. The minimum atomic E-state index is -0.0826. The lowest BCUT2D eigenvalue weighted by Gasteiger charge is -2.58. The normalized spacial score (nSPS) is 46.4. The Labute approximate surface area is 187 Å². The largest absolute Gasteiger partial charge is 0.393 e. The monoisotopic (exact) mass is 414 g/mol. The molecule has 0 aromatic carbocycles. The van der Waals surface area contributed by atoms with E-state index >= 15 is 0 Å². The van der Waals surface area contributed by atoms with Crippen LogP contribution < -0.4 is 0 Å². The van der Waals surface area contributed by atoms with Crippen molar-refractivity contribution in [2.75, 3.05) is 0 Å². The number of aliphatic hydroxyl groups excluding tert-OH is 1. The van der Waals surface area contributed by atoms with Crippen molar-refractivity contribution in [3.63, 3.8) is 0 Å². The first-order valence-electron chi connectivity index (χ1n) is 13.5. The quantitative estimate of drug-likeness (QED) is 0.454. The van der Waals surface area contributed by atoms with Gasteiger partial charge >= 0.3 is 0 Å². The minimum Gasteiger partial charge on any atom is -0.393 e. The molecule has 0 saturated heterocycles. The molecular weight excluding hydrogens is 364 g/mol. The third-order valence-electron chi connectivity index (χ3n) is 11.4. The summed E-state index contributed by atoms with van der Waals surface area (Å²) in [4.78, 5) is 0. The summed E-state index contributed by atoms with van der Waals surface area (Å²) >= 11 is 0. The summed E-state index contributed by atoms with van der Waals surface area (Å²) in [6.07, 6.45) is 14.2. The van der Waals surface area contributed by atoms with Crippen molar-refractivity contribution in [3.05, 3.63) is 11.6 Å². The third-order valence-corrected chi connectivity index (χ3v) is 11.4. The molecule has 3 saturated carbocycles. The Morgan fingerprint density at radius 2 is 1.70 bits per heavy atom. The second-order valence-electron chi connectivity index (χ2n) is 13.2. The van der Waals surface area contributed by atoms with E-state index in [9.17, 15) is 5.11 Å². The van der Waals surface area contributed by atoms with Gasteiger partial charge in [0.25, 0.3) is 0 Å². The molecule has 0 aromatic rings. The molecular formula is C29H50O. The van der Waals surface area contributed by atoms with E-state index in [0.717, 1.165) is 60.2 Å². The van der Waals surface area contributed by atoms with Gasteiger partial charge in [0.15, 0.2) is 0 Å². The van der Waals surface area contributed by atoms with Crippen molar-refractivity contribution >= 4 is 0 Å². The zero-order valence-corrected chi connectivity index (χ0v) is 21.1. The Balaban J connectivity index is 1.53. The SMILES string of the molecule is CC(C)CC(C)C(C)C(C)C1CCC2C3CC=C4C[C@@H](O)CC[C@]4(C)C3CC[C@]12C. The number of allylic oxidation sites excluding steroid dienone is 1. The Morgan fingerprint density at radius 3 is 2.40 bits per heavy atom. The van der Waals surface area contributed by atoms with Crippen molar-refractivity contribution in [2.45, 2.75) is 112 Å². The molecule has 7 unspecified atom stereocenters. The van der Waals surface area contributed by atoms with Crippen LogP contribution in [0.25, 0.3) is 0 Å². The van der Waals surface area contributed by atoms with Crippen LogP contribution in [0.15, 0.2) is 11.6 Å². The summed E-state index contributed by atoms with van der Waals surface area (Å²) in [6.45, 7) is 17.7. The highest BCUT2D eigenvalue weighted by Crippen LogP contribution is 2.67. The van der Waals surface area contributed by atoms with Crippen molar-refractivity contribution in [1.82, 2.24) is 0 Å². The number of hydrogen-bond donors (Lipinski definition) is 1. The van der Waals surface area contributed by atoms with Crippen LogP contribution in [0.5, 0.6) is 0 Å². The molecule has 0 aliphatic heterocycles. The fourth-order valence-electron chi connectivity index (χ4n) is 9.39. The van der Waals surface area contributed by atoms with Crippen LogP contribution in [0.3, 0.4) is 0 Å². The maximum absolute atomic E-state index is 10.3. The summed E-state index contributed by atoms with van der Waals surface area (Å²) in [5, 5.41) is 10.3. The fourth-order valence-corrected chi connectivity index (χ4v) is 9.39. The highest BCUT2D eigenvalue weighted by molar-refractivity contribution is 5.25. The second kappa shape index (κ2) is 8.24. The molecule has 0 aromatic heterocycles. The van der Waals surface area contributed by atoms with Gasteiger partial charge in [-0.15, -0.1) is 0 Å². The first-order chi connectivity index (χ1) is 14.1. The van der Waals surface area contributed by atoms with Gasteiger partial charge in [0.1, 0.15) is 0 Å². The Morgan fingerprint density at radius 1 is 0.967 bits per heavy atom. The average molecular weight is 415 g/mol. The highest BCUT2D eigenvalue weighted by Gasteiger charge is 2.59. The van der Waals surface area contributed by atoms with Gasteiger partial charge in [0.2, 0.25) is 0 Å². The molecule has 0 heterocycles. The molecule has 172 valence electrons. The summed E-state index contributed by atoms with van der Waals surface area (Å²) < 4.78 is 0. The minimum absolute atomic E-state index is 0.0826. The predicted molar refractivity (Wildman–Crippen MR) is 128 cm³/mol. The maximum atomic E-state index is 10.3. The van der Waals surface area contributed by atoms with E-state index in [1.54, 1.807) is 5.57 Å². The van der Waals surface area contributed by atoms with Gasteiger partial charge in [-0.05, 0) is 116 Å². The zero-order chi connectivity index (χ0) is 21.8. The van der Waals surface area contributed by atoms with Crippen molar-refractivity contribution < 1.29 is 5.11 Å². The molecule has 1 N–H and O–H groups in total. The number of rotatable bonds is 5. The van der Waals surface area contributed by atoms with Crippen molar-refractivity contribution in [1.29, 1.82) is 0 Å². The van der Waals surface area contributed by atoms with Crippen LogP contribution in [-0.4, -0.2) is 11.2 Å². The van der Waals surface area contributed by atoms with E-state index in [1.165, 1.54) is 44.9 Å². The maximum Gasteiger partial charge on any atom is 0.0577 e. The summed E-state index contributed by atoms with van der Waals surface area (Å²) in [5.74, 6) is 6.95. The molecule has 0 amide bonds. The number of hydrogen-bond acceptors (Lipinski definition) is 1. The molecule has 4 aliphatic rings. The van der Waals surface area contributed by atoms with E-state index in [1.807, 2.05) is 0 Å². The Bertz CT molecular complexity index is 649. The molecule has 1 heteroatoms. The molecule has 30 heavy (non-hydrogen) atoms. The number of fused-ring (bicyclic) bond motifs is 5. The molecule has 3 fully saturated rings. The van der Waals surface area contributed by atoms with Gasteiger partial charge in [0.05, 0.1) is 6.10 Å². The van der Waals surface area contributed by atoms with Gasteiger partial charge in [0, 0.05) is 0 Å². The first-order valence-corrected chi connectivity index (χ1v) is 13.5. The number of aliphatic hydroxyl groups is 1. The van der Waals surface area contributed by atoms with Crippen LogP contribution in [0.1, 0.15) is 106 Å². The van der Waals surface area contributed by atoms with Crippen LogP contribution in [0, 0.1) is 58.2 Å². The van der Waals surface area contributed by atoms with Gasteiger partial charge in [-0.2, -0.15) is 0 Å². The van der Waals surface area contributed by atoms with Gasteiger partial charge < -0.3 is 5.11 Å². The van der Waals surface area contributed by atoms with Gasteiger partial charge in [-0.1, -0.05) is 60.1 Å². The summed E-state index contributed by atoms with van der Waals surface area (Å²) in [6, 6.07) is 0. The van der Waals surface area contributed by atoms with E-state index in [4.69, 9.17) is 0 Å². The van der Waals surface area contributed by atoms with Crippen molar-refractivity contribution in [2.24, 2.45) is 58.2 Å². The first kappa shape index (κ1) is 22.9. The molecule has 0 spiro atoms. The average Bonchev–Trinajstić information content (AvgIpc) is 3.04. The van der Waals surface area contributed by atoms with Crippen LogP contribution in [0.4, 0.5) is 0 Å². The lowest BCUT2D eigenvalue weighted by molar-refractivity contribution is -0.0621. The van der Waals surface area contributed by atoms with E-state index < -0.39 is 0 Å². The van der Waals surface area contributed by atoms with E-state index in [2.05, 4.69) is 54.5 Å². The van der Waals surface area contributed by atoms with E-state index in [-0.39, 0.29) is 6.10 Å². The predicted octanol–water partition coefficient (Wildman–Crippen LogP) is 7.88. The van der Waals surface area contributed by atoms with Crippen molar-refractivity contribution in [3.8, 4) is 0 Å². The van der Waals surface area contributed by atoms with Gasteiger partial charge in [-0.25, -0.2) is 0 Å². The molecule has 4 aliphatic carbocycles. The third kappa shape index (κ3) is 3.64. The lowest BCUT2D eigenvalue weighted by atomic mass is 9.46.